The van der Waals surface area contributed by atoms with E-state index in [9.17, 15) is 4.79 Å². The van der Waals surface area contributed by atoms with E-state index in [1.54, 1.807) is 25.3 Å². The Balaban J connectivity index is 2.97. The lowest BCUT2D eigenvalue weighted by Crippen LogP contribution is -2.44. The van der Waals surface area contributed by atoms with Gasteiger partial charge in [0.1, 0.15) is 11.5 Å². The van der Waals surface area contributed by atoms with Gasteiger partial charge >= 0.3 is 0 Å². The Bertz CT molecular complexity index is 480. The van der Waals surface area contributed by atoms with Crippen molar-refractivity contribution in [2.75, 3.05) is 20.8 Å². The third-order valence-corrected chi connectivity index (χ3v) is 3.42. The number of carbonyl (C=O) groups excluding carboxylic acids is 1. The highest BCUT2D eigenvalue weighted by Gasteiger charge is 2.27. The highest BCUT2D eigenvalue weighted by Crippen LogP contribution is 2.26. The average molecular weight is 295 g/mol. The van der Waals surface area contributed by atoms with Crippen LogP contribution in [0, 0.1) is 5.41 Å². The van der Waals surface area contributed by atoms with Crippen LogP contribution in [0.15, 0.2) is 18.2 Å². The molecule has 0 bridgehead atoms. The van der Waals surface area contributed by atoms with Crippen LogP contribution in [-0.2, 0) is 0 Å². The molecule has 0 saturated heterocycles. The second-order valence-corrected chi connectivity index (χ2v) is 5.97. The van der Waals surface area contributed by atoms with Crippen molar-refractivity contribution >= 4 is 5.91 Å². The first-order valence-corrected chi connectivity index (χ1v) is 6.97. The molecule has 1 rings (SSSR count). The van der Waals surface area contributed by atoms with Crippen molar-refractivity contribution in [2.24, 2.45) is 5.41 Å². The van der Waals surface area contributed by atoms with Gasteiger partial charge in [0.2, 0.25) is 0 Å². The summed E-state index contributed by atoms with van der Waals surface area (Å²) in [6.07, 6.45) is 0.508. The number of aliphatic hydroxyl groups excluding tert-OH is 1. The molecule has 0 fully saturated rings. The van der Waals surface area contributed by atoms with Gasteiger partial charge in [-0.2, -0.15) is 0 Å². The second-order valence-electron chi connectivity index (χ2n) is 5.97. The lowest BCUT2D eigenvalue weighted by Gasteiger charge is -2.31. The maximum atomic E-state index is 12.4. The standard InChI is InChI=1S/C16H25NO4/c1-16(2,3)14(8-9-18)17-15(19)12-7-6-11(20-4)10-13(12)21-5/h6-7,10,14,18H,8-9H2,1-5H3,(H,17,19). The van der Waals surface area contributed by atoms with Crippen molar-refractivity contribution < 1.29 is 19.4 Å². The monoisotopic (exact) mass is 295 g/mol. The van der Waals surface area contributed by atoms with E-state index in [2.05, 4.69) is 5.32 Å². The van der Waals surface area contributed by atoms with Gasteiger partial charge in [-0.05, 0) is 24.0 Å². The van der Waals surface area contributed by atoms with Crippen molar-refractivity contribution in [2.45, 2.75) is 33.2 Å². The van der Waals surface area contributed by atoms with Crippen molar-refractivity contribution in [1.82, 2.24) is 5.32 Å². The smallest absolute Gasteiger partial charge is 0.255 e. The van der Waals surface area contributed by atoms with Gasteiger partial charge in [0.05, 0.1) is 19.8 Å². The first-order chi connectivity index (χ1) is 9.83. The van der Waals surface area contributed by atoms with Crippen molar-refractivity contribution in [3.8, 4) is 11.5 Å². The molecule has 1 atom stereocenters. The van der Waals surface area contributed by atoms with E-state index in [-0.39, 0.29) is 24.0 Å². The molecule has 0 aliphatic heterocycles. The van der Waals surface area contributed by atoms with Crippen molar-refractivity contribution in [3.63, 3.8) is 0 Å². The van der Waals surface area contributed by atoms with Crippen LogP contribution in [0.25, 0.3) is 0 Å². The largest absolute Gasteiger partial charge is 0.497 e. The molecular weight excluding hydrogens is 270 g/mol. The highest BCUT2D eigenvalue weighted by molar-refractivity contribution is 5.97. The van der Waals surface area contributed by atoms with E-state index in [0.29, 0.717) is 23.5 Å². The SMILES string of the molecule is COc1ccc(C(=O)NC(CCO)C(C)(C)C)c(OC)c1. The third-order valence-electron chi connectivity index (χ3n) is 3.42. The van der Waals surface area contributed by atoms with E-state index >= 15 is 0 Å². The minimum atomic E-state index is -0.220. The van der Waals surface area contributed by atoms with Gasteiger partial charge in [-0.15, -0.1) is 0 Å². The number of nitrogens with one attached hydrogen (secondary N) is 1. The summed E-state index contributed by atoms with van der Waals surface area (Å²) in [7, 11) is 3.08. The Hall–Kier alpha value is -1.75. The molecule has 5 heteroatoms. The molecule has 5 nitrogen and oxygen atoms in total. The van der Waals surface area contributed by atoms with Gasteiger partial charge in [-0.1, -0.05) is 20.8 Å². The minimum Gasteiger partial charge on any atom is -0.497 e. The summed E-state index contributed by atoms with van der Waals surface area (Å²) < 4.78 is 10.4. The fraction of sp³-hybridized carbons (Fsp3) is 0.562. The first-order valence-electron chi connectivity index (χ1n) is 6.97. The number of benzene rings is 1. The minimum absolute atomic E-state index is 0.0297. The molecule has 0 saturated carbocycles. The molecule has 2 N–H and O–H groups in total. The Morgan fingerprint density at radius 3 is 2.43 bits per heavy atom. The molecule has 0 radical (unpaired) electrons. The molecule has 0 aromatic heterocycles. The van der Waals surface area contributed by atoms with Crippen LogP contribution in [0.2, 0.25) is 0 Å². The molecule has 21 heavy (non-hydrogen) atoms. The zero-order valence-electron chi connectivity index (χ0n) is 13.4. The summed E-state index contributed by atoms with van der Waals surface area (Å²) in [5, 5.41) is 12.1. The molecule has 1 aromatic rings. The number of hydrogen-bond donors (Lipinski definition) is 2. The molecule has 1 unspecified atom stereocenters. The van der Waals surface area contributed by atoms with Gasteiger partial charge in [0, 0.05) is 18.7 Å². The molecular formula is C16H25NO4. The molecule has 0 aliphatic rings. The van der Waals surface area contributed by atoms with Gasteiger partial charge in [-0.3, -0.25) is 4.79 Å². The fourth-order valence-electron chi connectivity index (χ4n) is 2.07. The lowest BCUT2D eigenvalue weighted by molar-refractivity contribution is 0.0882. The van der Waals surface area contributed by atoms with Crippen LogP contribution in [0.5, 0.6) is 11.5 Å². The zero-order valence-corrected chi connectivity index (χ0v) is 13.4. The van der Waals surface area contributed by atoms with Crippen LogP contribution in [-0.4, -0.2) is 37.9 Å². The summed E-state index contributed by atoms with van der Waals surface area (Å²) >= 11 is 0. The Morgan fingerprint density at radius 2 is 1.95 bits per heavy atom. The number of aliphatic hydroxyl groups is 1. The number of carbonyl (C=O) groups is 1. The first kappa shape index (κ1) is 17.3. The summed E-state index contributed by atoms with van der Waals surface area (Å²) in [5.74, 6) is 0.873. The number of hydrogen-bond acceptors (Lipinski definition) is 4. The quantitative estimate of drug-likeness (QED) is 0.844. The summed E-state index contributed by atoms with van der Waals surface area (Å²) in [6, 6.07) is 4.94. The van der Waals surface area contributed by atoms with Crippen LogP contribution in [0.4, 0.5) is 0 Å². The highest BCUT2D eigenvalue weighted by atomic mass is 16.5. The second kappa shape index (κ2) is 7.31. The van der Waals surface area contributed by atoms with Crippen LogP contribution >= 0.6 is 0 Å². The number of rotatable bonds is 6. The van der Waals surface area contributed by atoms with Crippen LogP contribution in [0.3, 0.4) is 0 Å². The summed E-state index contributed by atoms with van der Waals surface area (Å²) in [4.78, 5) is 12.4. The predicted molar refractivity (Wildman–Crippen MR) is 82.0 cm³/mol. The van der Waals surface area contributed by atoms with Gasteiger partial charge in [-0.25, -0.2) is 0 Å². The summed E-state index contributed by atoms with van der Waals surface area (Å²) in [5.41, 5.74) is 0.309. The molecule has 118 valence electrons. The van der Waals surface area contributed by atoms with Gasteiger partial charge < -0.3 is 19.9 Å². The Kier molecular flexibility index (Phi) is 6.03. The molecule has 0 spiro atoms. The number of methoxy groups -OCH3 is 2. The van der Waals surface area contributed by atoms with E-state index in [1.165, 1.54) is 7.11 Å². The molecule has 0 aliphatic carbocycles. The Labute approximate surface area is 126 Å². The topological polar surface area (TPSA) is 67.8 Å². The van der Waals surface area contributed by atoms with Crippen molar-refractivity contribution in [3.05, 3.63) is 23.8 Å². The number of amides is 1. The maximum Gasteiger partial charge on any atom is 0.255 e. The summed E-state index contributed by atoms with van der Waals surface area (Å²) in [6.45, 7) is 6.11. The molecule has 1 aromatic carbocycles. The van der Waals surface area contributed by atoms with Gasteiger partial charge in [0.25, 0.3) is 5.91 Å². The van der Waals surface area contributed by atoms with E-state index < -0.39 is 0 Å². The maximum absolute atomic E-state index is 12.4. The molecule has 0 heterocycles. The van der Waals surface area contributed by atoms with Crippen molar-refractivity contribution in [1.29, 1.82) is 0 Å². The van der Waals surface area contributed by atoms with E-state index in [0.717, 1.165) is 0 Å². The predicted octanol–water partition coefficient (Wildman–Crippen LogP) is 2.23. The van der Waals surface area contributed by atoms with E-state index in [4.69, 9.17) is 14.6 Å². The van der Waals surface area contributed by atoms with Gasteiger partial charge in [0.15, 0.2) is 0 Å². The fourth-order valence-corrected chi connectivity index (χ4v) is 2.07. The lowest BCUT2D eigenvalue weighted by atomic mass is 9.84. The Morgan fingerprint density at radius 1 is 1.29 bits per heavy atom. The average Bonchev–Trinajstić information content (AvgIpc) is 2.44. The van der Waals surface area contributed by atoms with Crippen LogP contribution < -0.4 is 14.8 Å². The number of ether oxygens (including phenoxy) is 2. The molecule has 1 amide bonds. The normalized spacial score (nSPS) is 12.7. The third kappa shape index (κ3) is 4.63. The van der Waals surface area contributed by atoms with E-state index in [1.807, 2.05) is 20.8 Å². The van der Waals surface area contributed by atoms with Crippen LogP contribution in [0.1, 0.15) is 37.6 Å². The zero-order chi connectivity index (χ0) is 16.0.